The maximum absolute atomic E-state index is 12.7. The second kappa shape index (κ2) is 9.74. The third-order valence-electron chi connectivity index (χ3n) is 5.11. The van der Waals surface area contributed by atoms with Gasteiger partial charge in [-0.15, -0.1) is 11.3 Å². The van der Waals surface area contributed by atoms with Crippen molar-refractivity contribution < 1.29 is 19.0 Å². The number of hydrogen-bond donors (Lipinski definition) is 2. The van der Waals surface area contributed by atoms with E-state index < -0.39 is 0 Å². The summed E-state index contributed by atoms with van der Waals surface area (Å²) in [6.45, 7) is 2.33. The lowest BCUT2D eigenvalue weighted by Gasteiger charge is -2.13. The SMILES string of the molecule is COc1cc(-c2cc(C(=O)NCc3sc(-c4ccccc4)nc3C)[nH]n2)cc(OC)c1OC. The lowest BCUT2D eigenvalue weighted by Crippen LogP contribution is -2.23. The van der Waals surface area contributed by atoms with Gasteiger partial charge < -0.3 is 19.5 Å². The molecule has 0 unspecified atom stereocenters. The van der Waals surface area contributed by atoms with Gasteiger partial charge in [0.05, 0.1) is 39.3 Å². The molecule has 0 aliphatic rings. The second-order valence-electron chi connectivity index (χ2n) is 7.16. The minimum absolute atomic E-state index is 0.254. The van der Waals surface area contributed by atoms with E-state index in [2.05, 4.69) is 20.5 Å². The van der Waals surface area contributed by atoms with Gasteiger partial charge in [0.15, 0.2) is 11.5 Å². The van der Waals surface area contributed by atoms with Crippen LogP contribution in [0.15, 0.2) is 48.5 Å². The number of methoxy groups -OCH3 is 3. The number of aryl methyl sites for hydroxylation is 1. The van der Waals surface area contributed by atoms with Gasteiger partial charge in [0.1, 0.15) is 10.7 Å². The van der Waals surface area contributed by atoms with E-state index in [0.29, 0.717) is 35.2 Å². The lowest BCUT2D eigenvalue weighted by atomic mass is 10.1. The van der Waals surface area contributed by atoms with E-state index in [0.717, 1.165) is 26.7 Å². The number of nitrogens with one attached hydrogen (secondary N) is 2. The number of ether oxygens (including phenoxy) is 3. The number of carbonyl (C=O) groups is 1. The van der Waals surface area contributed by atoms with Gasteiger partial charge in [-0.2, -0.15) is 5.10 Å². The monoisotopic (exact) mass is 464 g/mol. The summed E-state index contributed by atoms with van der Waals surface area (Å²) in [5.74, 6) is 1.26. The largest absolute Gasteiger partial charge is 0.493 e. The molecular formula is C24H24N4O4S. The van der Waals surface area contributed by atoms with Gasteiger partial charge in [-0.05, 0) is 25.1 Å². The number of amides is 1. The Bertz CT molecular complexity index is 1240. The summed E-state index contributed by atoms with van der Waals surface area (Å²) in [4.78, 5) is 18.4. The van der Waals surface area contributed by atoms with Crippen LogP contribution in [-0.2, 0) is 6.54 Å². The van der Waals surface area contributed by atoms with Crippen LogP contribution in [0.5, 0.6) is 17.2 Å². The Labute approximate surface area is 195 Å². The van der Waals surface area contributed by atoms with Gasteiger partial charge in [0, 0.05) is 16.0 Å². The molecule has 2 heterocycles. The van der Waals surface area contributed by atoms with Crippen molar-refractivity contribution in [2.75, 3.05) is 21.3 Å². The normalized spacial score (nSPS) is 10.7. The molecule has 4 aromatic rings. The molecule has 0 saturated carbocycles. The predicted octanol–water partition coefficient (Wildman–Crippen LogP) is 4.46. The fraction of sp³-hybridized carbons (Fsp3) is 0.208. The van der Waals surface area contributed by atoms with Gasteiger partial charge in [-0.25, -0.2) is 4.98 Å². The lowest BCUT2D eigenvalue weighted by molar-refractivity contribution is 0.0946. The van der Waals surface area contributed by atoms with E-state index >= 15 is 0 Å². The zero-order valence-electron chi connectivity index (χ0n) is 18.8. The summed E-state index contributed by atoms with van der Waals surface area (Å²) >= 11 is 1.57. The number of hydrogen-bond acceptors (Lipinski definition) is 7. The van der Waals surface area contributed by atoms with Crippen molar-refractivity contribution in [3.63, 3.8) is 0 Å². The first-order chi connectivity index (χ1) is 16.0. The van der Waals surface area contributed by atoms with Gasteiger partial charge in [0.25, 0.3) is 5.91 Å². The number of carbonyl (C=O) groups excluding carboxylic acids is 1. The Morgan fingerprint density at radius 3 is 2.33 bits per heavy atom. The summed E-state index contributed by atoms with van der Waals surface area (Å²) in [5, 5.41) is 11.0. The van der Waals surface area contributed by atoms with E-state index in [1.807, 2.05) is 37.3 Å². The van der Waals surface area contributed by atoms with Gasteiger partial charge in [-0.3, -0.25) is 9.89 Å². The summed E-state index contributed by atoms with van der Waals surface area (Å²) < 4.78 is 16.2. The van der Waals surface area contributed by atoms with E-state index in [-0.39, 0.29) is 5.91 Å². The van der Waals surface area contributed by atoms with Crippen LogP contribution in [0.25, 0.3) is 21.8 Å². The predicted molar refractivity (Wildman–Crippen MR) is 127 cm³/mol. The fourth-order valence-corrected chi connectivity index (χ4v) is 4.37. The molecule has 0 aliphatic carbocycles. The molecule has 8 nitrogen and oxygen atoms in total. The minimum atomic E-state index is -0.254. The third-order valence-corrected chi connectivity index (χ3v) is 6.31. The molecule has 9 heteroatoms. The Balaban J connectivity index is 1.49. The molecule has 2 aromatic heterocycles. The highest BCUT2D eigenvalue weighted by atomic mass is 32.1. The van der Waals surface area contributed by atoms with Gasteiger partial charge in [0.2, 0.25) is 5.75 Å². The van der Waals surface area contributed by atoms with Crippen LogP contribution in [0.2, 0.25) is 0 Å². The molecule has 0 radical (unpaired) electrons. The maximum Gasteiger partial charge on any atom is 0.269 e. The zero-order valence-corrected chi connectivity index (χ0v) is 19.6. The highest BCUT2D eigenvalue weighted by Crippen LogP contribution is 2.40. The number of aromatic amines is 1. The minimum Gasteiger partial charge on any atom is -0.493 e. The highest BCUT2D eigenvalue weighted by molar-refractivity contribution is 7.15. The van der Waals surface area contributed by atoms with Gasteiger partial charge >= 0.3 is 0 Å². The molecule has 0 aliphatic heterocycles. The second-order valence-corrected chi connectivity index (χ2v) is 8.24. The first kappa shape index (κ1) is 22.3. The van der Waals surface area contributed by atoms with Crippen molar-refractivity contribution in [1.29, 1.82) is 0 Å². The van der Waals surface area contributed by atoms with Crippen LogP contribution >= 0.6 is 11.3 Å². The van der Waals surface area contributed by atoms with Crippen molar-refractivity contribution in [2.24, 2.45) is 0 Å². The molecule has 4 rings (SSSR count). The van der Waals surface area contributed by atoms with E-state index in [9.17, 15) is 4.79 Å². The zero-order chi connectivity index (χ0) is 23.4. The first-order valence-corrected chi connectivity index (χ1v) is 11.0. The van der Waals surface area contributed by atoms with Crippen LogP contribution in [0, 0.1) is 6.92 Å². The average molecular weight is 465 g/mol. The smallest absolute Gasteiger partial charge is 0.269 e. The molecule has 0 bridgehead atoms. The standard InChI is InChI=1S/C24H24N4O4S/c1-14-21(33-24(26-14)15-8-6-5-7-9-15)13-25-23(29)18-12-17(27-28-18)16-10-19(30-2)22(32-4)20(11-16)31-3/h5-12H,13H2,1-4H3,(H,25,29)(H,27,28). The molecule has 170 valence electrons. The van der Waals surface area contributed by atoms with Crippen molar-refractivity contribution in [1.82, 2.24) is 20.5 Å². The Morgan fingerprint density at radius 1 is 1.00 bits per heavy atom. The molecule has 33 heavy (non-hydrogen) atoms. The van der Waals surface area contributed by atoms with Crippen molar-refractivity contribution in [2.45, 2.75) is 13.5 Å². The van der Waals surface area contributed by atoms with Crippen LogP contribution in [0.1, 0.15) is 21.1 Å². The summed E-state index contributed by atoms with van der Waals surface area (Å²) in [7, 11) is 4.65. The van der Waals surface area contributed by atoms with Gasteiger partial charge in [-0.1, -0.05) is 30.3 Å². The molecule has 2 aromatic carbocycles. The number of benzene rings is 2. The Kier molecular flexibility index (Phi) is 6.60. The van der Waals surface area contributed by atoms with Crippen LogP contribution < -0.4 is 19.5 Å². The summed E-state index contributed by atoms with van der Waals surface area (Å²) in [5.41, 5.74) is 3.63. The molecule has 2 N–H and O–H groups in total. The summed E-state index contributed by atoms with van der Waals surface area (Å²) in [6, 6.07) is 15.2. The third kappa shape index (κ3) is 4.68. The topological polar surface area (TPSA) is 98.4 Å². The molecule has 1 amide bonds. The molecule has 0 atom stereocenters. The molecule has 0 fully saturated rings. The van der Waals surface area contributed by atoms with Crippen molar-refractivity contribution >= 4 is 17.2 Å². The molecular weight excluding hydrogens is 440 g/mol. The Morgan fingerprint density at radius 2 is 1.70 bits per heavy atom. The van der Waals surface area contributed by atoms with Crippen molar-refractivity contribution in [3.8, 4) is 39.1 Å². The number of nitrogens with zero attached hydrogens (tertiary/aromatic N) is 2. The van der Waals surface area contributed by atoms with E-state index in [4.69, 9.17) is 14.2 Å². The van der Waals surface area contributed by atoms with Crippen LogP contribution in [0.3, 0.4) is 0 Å². The molecule has 0 spiro atoms. The number of thiazole rings is 1. The number of aromatic nitrogens is 3. The summed E-state index contributed by atoms with van der Waals surface area (Å²) in [6.07, 6.45) is 0. The molecule has 0 saturated heterocycles. The maximum atomic E-state index is 12.7. The van der Waals surface area contributed by atoms with Crippen LogP contribution in [-0.4, -0.2) is 42.4 Å². The quantitative estimate of drug-likeness (QED) is 0.399. The first-order valence-electron chi connectivity index (χ1n) is 10.2. The highest BCUT2D eigenvalue weighted by Gasteiger charge is 2.18. The van der Waals surface area contributed by atoms with E-state index in [1.165, 1.54) is 0 Å². The van der Waals surface area contributed by atoms with Crippen LogP contribution in [0.4, 0.5) is 0 Å². The average Bonchev–Trinajstić information content (AvgIpc) is 3.49. The number of rotatable bonds is 8. The number of H-pyrrole nitrogens is 1. The van der Waals surface area contributed by atoms with E-state index in [1.54, 1.807) is 50.9 Å². The van der Waals surface area contributed by atoms with Crippen molar-refractivity contribution in [3.05, 3.63) is 64.8 Å². The fourth-order valence-electron chi connectivity index (χ4n) is 3.37. The Hall–Kier alpha value is -3.85.